The number of pyridine rings is 2. The number of aromatic nitrogens is 2. The molecule has 35 heavy (non-hydrogen) atoms. The van der Waals surface area contributed by atoms with Gasteiger partial charge in [0.15, 0.2) is 0 Å². The fourth-order valence-electron chi connectivity index (χ4n) is 5.32. The second-order valence-electron chi connectivity index (χ2n) is 9.78. The van der Waals surface area contributed by atoms with Crippen LogP contribution in [0.1, 0.15) is 45.5 Å². The number of nitrogens with zero attached hydrogens (tertiary/aromatic N) is 3. The number of nitrogens with one attached hydrogen (secondary N) is 1. The van der Waals surface area contributed by atoms with E-state index in [9.17, 15) is 4.79 Å². The van der Waals surface area contributed by atoms with Crippen LogP contribution in [0.5, 0.6) is 0 Å². The van der Waals surface area contributed by atoms with Gasteiger partial charge in [-0.15, -0.1) is 11.3 Å². The molecule has 8 nitrogen and oxygen atoms in total. The normalized spacial score (nSPS) is 21.9. The van der Waals surface area contributed by atoms with Gasteiger partial charge in [0.25, 0.3) is 5.91 Å². The Balaban J connectivity index is 1.26. The molecule has 0 aromatic carbocycles. The first-order valence-electron chi connectivity index (χ1n) is 12.4. The van der Waals surface area contributed by atoms with Gasteiger partial charge in [-0.1, -0.05) is 6.07 Å². The minimum absolute atomic E-state index is 0.0545. The molecule has 1 fully saturated rings. The Hall–Kier alpha value is -2.75. The number of fused-ring (bicyclic) bond motifs is 2. The third kappa shape index (κ3) is 4.72. The van der Waals surface area contributed by atoms with Crippen molar-refractivity contribution in [3.8, 4) is 0 Å². The summed E-state index contributed by atoms with van der Waals surface area (Å²) < 4.78 is 5.60. The maximum Gasteiger partial charge on any atom is 0.263 e. The lowest BCUT2D eigenvalue weighted by atomic mass is 9.91. The van der Waals surface area contributed by atoms with Crippen LogP contribution < -0.4 is 21.7 Å². The highest BCUT2D eigenvalue weighted by Crippen LogP contribution is 2.35. The molecule has 1 aliphatic heterocycles. The quantitative estimate of drug-likeness (QED) is 0.482. The monoisotopic (exact) mass is 494 g/mol. The van der Waals surface area contributed by atoms with Crippen molar-refractivity contribution in [2.75, 3.05) is 36.9 Å². The van der Waals surface area contributed by atoms with Gasteiger partial charge in [-0.25, -0.2) is 9.97 Å². The van der Waals surface area contributed by atoms with Crippen LogP contribution in [0.3, 0.4) is 0 Å². The van der Waals surface area contributed by atoms with Crippen molar-refractivity contribution in [1.82, 2.24) is 15.3 Å². The number of amides is 1. The fourth-order valence-corrected chi connectivity index (χ4v) is 6.44. The number of hydrogen-bond donors (Lipinski definition) is 3. The zero-order chi connectivity index (χ0) is 24.7. The first kappa shape index (κ1) is 24.0. The van der Waals surface area contributed by atoms with E-state index in [1.165, 1.54) is 16.9 Å². The molecule has 5 rings (SSSR count). The SMILES string of the molecule is CCOCC1CN(c2ccc3c(n2)CCC(NC(=O)c2sc4nc(C)cc(C)c4c2N)C3)CC1N. The van der Waals surface area contributed by atoms with Gasteiger partial charge in [0.2, 0.25) is 0 Å². The van der Waals surface area contributed by atoms with Gasteiger partial charge in [-0.3, -0.25) is 4.79 Å². The summed E-state index contributed by atoms with van der Waals surface area (Å²) in [6.07, 6.45) is 2.45. The van der Waals surface area contributed by atoms with Crippen molar-refractivity contribution in [3.05, 3.63) is 45.6 Å². The highest BCUT2D eigenvalue weighted by atomic mass is 32.1. The second kappa shape index (κ2) is 9.72. The highest BCUT2D eigenvalue weighted by Gasteiger charge is 2.32. The number of nitrogen functional groups attached to an aromatic ring is 1. The Morgan fingerprint density at radius 1 is 1.29 bits per heavy atom. The third-order valence-electron chi connectivity index (χ3n) is 7.17. The van der Waals surface area contributed by atoms with Gasteiger partial charge in [-0.05, 0) is 63.3 Å². The maximum absolute atomic E-state index is 13.1. The number of carbonyl (C=O) groups is 1. The van der Waals surface area contributed by atoms with Gasteiger partial charge in [0.05, 0.1) is 12.3 Å². The largest absolute Gasteiger partial charge is 0.397 e. The molecule has 1 amide bonds. The first-order valence-corrected chi connectivity index (χ1v) is 13.2. The molecule has 0 bridgehead atoms. The predicted octanol–water partition coefficient (Wildman–Crippen LogP) is 2.98. The summed E-state index contributed by atoms with van der Waals surface area (Å²) in [5, 5.41) is 4.10. The van der Waals surface area contributed by atoms with Gasteiger partial charge in [0.1, 0.15) is 15.5 Å². The molecule has 0 saturated carbocycles. The fraction of sp³-hybridized carbons (Fsp3) is 0.500. The van der Waals surface area contributed by atoms with Crippen molar-refractivity contribution in [2.45, 2.75) is 52.1 Å². The van der Waals surface area contributed by atoms with E-state index in [1.807, 2.05) is 26.8 Å². The Morgan fingerprint density at radius 2 is 2.11 bits per heavy atom. The van der Waals surface area contributed by atoms with E-state index in [0.717, 1.165) is 65.3 Å². The number of anilines is 2. The van der Waals surface area contributed by atoms with Crippen molar-refractivity contribution >= 4 is 39.0 Å². The molecule has 3 unspecified atom stereocenters. The number of rotatable bonds is 6. The predicted molar refractivity (Wildman–Crippen MR) is 141 cm³/mol. The minimum Gasteiger partial charge on any atom is -0.397 e. The van der Waals surface area contributed by atoms with E-state index in [1.54, 1.807) is 0 Å². The van der Waals surface area contributed by atoms with Crippen LogP contribution in [0.15, 0.2) is 18.2 Å². The minimum atomic E-state index is -0.119. The number of nitrogens with two attached hydrogens (primary N) is 2. The van der Waals surface area contributed by atoms with Gasteiger partial charge in [-0.2, -0.15) is 0 Å². The van der Waals surface area contributed by atoms with E-state index in [2.05, 4.69) is 27.3 Å². The lowest BCUT2D eigenvalue weighted by molar-refractivity contribution is 0.0938. The molecule has 3 aromatic heterocycles. The van der Waals surface area contributed by atoms with E-state index >= 15 is 0 Å². The molecule has 9 heteroatoms. The van der Waals surface area contributed by atoms with Crippen molar-refractivity contribution in [2.24, 2.45) is 11.7 Å². The molecule has 0 radical (unpaired) electrons. The molecular formula is C26H34N6O2S. The summed E-state index contributed by atoms with van der Waals surface area (Å²) in [6.45, 7) is 9.05. The number of ether oxygens (including phenoxy) is 1. The highest BCUT2D eigenvalue weighted by molar-refractivity contribution is 7.21. The standard InChI is InChI=1S/C26H34N6O2S/c1-4-34-13-17-11-32(12-19(17)27)21-8-5-16-10-18(6-7-20(16)31-21)30-25(33)24-23(28)22-14(2)9-15(3)29-26(22)35-24/h5,8-9,17-19H,4,6-7,10-13,27-28H2,1-3H3,(H,30,33). The van der Waals surface area contributed by atoms with E-state index in [4.69, 9.17) is 21.2 Å². The van der Waals surface area contributed by atoms with Crippen LogP contribution in [-0.4, -0.2) is 54.3 Å². The summed E-state index contributed by atoms with van der Waals surface area (Å²) in [5.74, 6) is 1.19. The molecule has 2 aliphatic rings. The number of aryl methyl sites for hydroxylation is 3. The Kier molecular flexibility index (Phi) is 6.65. The summed E-state index contributed by atoms with van der Waals surface area (Å²) in [6, 6.07) is 6.39. The Labute approximate surface area is 210 Å². The van der Waals surface area contributed by atoms with Gasteiger partial charge in [0, 0.05) is 54.5 Å². The lowest BCUT2D eigenvalue weighted by Crippen LogP contribution is -2.39. The van der Waals surface area contributed by atoms with Gasteiger partial charge < -0.3 is 26.4 Å². The average molecular weight is 495 g/mol. The Bertz CT molecular complexity index is 1260. The molecular weight excluding hydrogens is 460 g/mol. The van der Waals surface area contributed by atoms with Crippen LogP contribution in [0, 0.1) is 19.8 Å². The molecule has 3 atom stereocenters. The van der Waals surface area contributed by atoms with Crippen molar-refractivity contribution < 1.29 is 9.53 Å². The van der Waals surface area contributed by atoms with Crippen LogP contribution in [0.4, 0.5) is 11.5 Å². The van der Waals surface area contributed by atoms with E-state index in [0.29, 0.717) is 29.7 Å². The topological polar surface area (TPSA) is 119 Å². The zero-order valence-corrected chi connectivity index (χ0v) is 21.5. The maximum atomic E-state index is 13.1. The molecule has 0 spiro atoms. The van der Waals surface area contributed by atoms with E-state index in [-0.39, 0.29) is 18.0 Å². The molecule has 186 valence electrons. The zero-order valence-electron chi connectivity index (χ0n) is 20.6. The Morgan fingerprint density at radius 3 is 2.91 bits per heavy atom. The number of carbonyl (C=O) groups excluding carboxylic acids is 1. The lowest BCUT2D eigenvalue weighted by Gasteiger charge is -2.26. The first-order chi connectivity index (χ1) is 16.8. The summed E-state index contributed by atoms with van der Waals surface area (Å²) in [4.78, 5) is 26.3. The second-order valence-corrected chi connectivity index (χ2v) is 10.8. The van der Waals surface area contributed by atoms with Crippen molar-refractivity contribution in [1.29, 1.82) is 0 Å². The molecule has 3 aromatic rings. The van der Waals surface area contributed by atoms with Crippen LogP contribution in [0.25, 0.3) is 10.2 Å². The molecule has 5 N–H and O–H groups in total. The molecule has 1 saturated heterocycles. The summed E-state index contributed by atoms with van der Waals surface area (Å²) >= 11 is 1.37. The molecule has 1 aliphatic carbocycles. The van der Waals surface area contributed by atoms with Crippen LogP contribution in [0.2, 0.25) is 0 Å². The number of thiophene rings is 1. The smallest absolute Gasteiger partial charge is 0.263 e. The average Bonchev–Trinajstić information content (AvgIpc) is 3.36. The van der Waals surface area contributed by atoms with Gasteiger partial charge >= 0.3 is 0 Å². The van der Waals surface area contributed by atoms with Crippen LogP contribution in [-0.2, 0) is 17.6 Å². The third-order valence-corrected chi connectivity index (χ3v) is 8.27. The summed E-state index contributed by atoms with van der Waals surface area (Å²) in [5.41, 5.74) is 17.5. The number of hydrogen-bond acceptors (Lipinski definition) is 8. The van der Waals surface area contributed by atoms with Crippen LogP contribution >= 0.6 is 11.3 Å². The summed E-state index contributed by atoms with van der Waals surface area (Å²) in [7, 11) is 0. The van der Waals surface area contributed by atoms with Crippen molar-refractivity contribution in [3.63, 3.8) is 0 Å². The molecule has 4 heterocycles. The van der Waals surface area contributed by atoms with E-state index < -0.39 is 0 Å².